The molecule has 0 radical (unpaired) electrons. The first kappa shape index (κ1) is 28.3. The van der Waals surface area contributed by atoms with Crippen LogP contribution in [0, 0.1) is 0 Å². The molecule has 0 saturated carbocycles. The molecule has 3 aromatic rings. The minimum Gasteiger partial charge on any atom is -0.379 e. The summed E-state index contributed by atoms with van der Waals surface area (Å²) in [6.07, 6.45) is 2.50. The number of hydrogen-bond acceptors (Lipinski definition) is 8. The maximum atomic E-state index is 13.5. The van der Waals surface area contributed by atoms with Crippen LogP contribution in [-0.2, 0) is 14.6 Å². The van der Waals surface area contributed by atoms with Crippen LogP contribution < -0.4 is 15.8 Å². The zero-order chi connectivity index (χ0) is 27.8. The van der Waals surface area contributed by atoms with Crippen molar-refractivity contribution in [2.75, 3.05) is 69.3 Å². The minimum atomic E-state index is -3.52. The maximum Gasteiger partial charge on any atom is 0.296 e. The van der Waals surface area contributed by atoms with Gasteiger partial charge < -0.3 is 20.0 Å². The Bertz CT molecular complexity index is 1400. The first-order chi connectivity index (χ1) is 18.8. The van der Waals surface area contributed by atoms with Crippen LogP contribution in [0.15, 0.2) is 76.6 Å². The molecule has 39 heavy (non-hydrogen) atoms. The average molecular weight is 553 g/mol. The third-order valence-corrected chi connectivity index (χ3v) is 8.43. The van der Waals surface area contributed by atoms with E-state index in [9.17, 15) is 18.0 Å². The fraction of sp³-hybridized carbons (Fsp3) is 0.393. The number of carbonyl (C=O) groups excluding carboxylic acids is 1. The molecule has 208 valence electrons. The van der Waals surface area contributed by atoms with Gasteiger partial charge in [-0.1, -0.05) is 36.4 Å². The van der Waals surface area contributed by atoms with Crippen molar-refractivity contribution >= 4 is 27.1 Å². The van der Waals surface area contributed by atoms with Gasteiger partial charge in [-0.15, -0.1) is 0 Å². The second-order valence-corrected chi connectivity index (χ2v) is 11.9. The van der Waals surface area contributed by atoms with E-state index < -0.39 is 9.84 Å². The lowest BCUT2D eigenvalue weighted by Gasteiger charge is -2.36. The molecule has 4 rings (SSSR count). The number of rotatable bonds is 11. The standard InChI is InChI=1S/C28H36N6O4S/c1-31(2)16-9-15-29-27-25(22-30-34(28(27)36)23-10-5-3-6-11-23)32-17-19-33(20-18-32)26(35)14-21-39(37,38)24-12-7-4-8-13-24/h3-8,10-13,22,29H,9,14-21H2,1-2H3. The molecule has 11 heteroatoms. The number of hydrogen-bond donors (Lipinski definition) is 1. The third kappa shape index (κ3) is 7.24. The van der Waals surface area contributed by atoms with Crippen molar-refractivity contribution in [3.05, 3.63) is 77.2 Å². The summed E-state index contributed by atoms with van der Waals surface area (Å²) in [5, 5.41) is 7.79. The molecule has 1 saturated heterocycles. The molecule has 2 heterocycles. The van der Waals surface area contributed by atoms with E-state index in [0.29, 0.717) is 49.8 Å². The predicted octanol–water partition coefficient (Wildman–Crippen LogP) is 2.11. The monoisotopic (exact) mass is 552 g/mol. The van der Waals surface area contributed by atoms with Gasteiger partial charge in [-0.3, -0.25) is 9.59 Å². The van der Waals surface area contributed by atoms with E-state index in [1.807, 2.05) is 44.4 Å². The molecule has 10 nitrogen and oxygen atoms in total. The Morgan fingerprint density at radius 2 is 1.62 bits per heavy atom. The van der Waals surface area contributed by atoms with Crippen LogP contribution in [0.3, 0.4) is 0 Å². The Morgan fingerprint density at radius 1 is 0.974 bits per heavy atom. The van der Waals surface area contributed by atoms with Gasteiger partial charge in [-0.25, -0.2) is 8.42 Å². The summed E-state index contributed by atoms with van der Waals surface area (Å²) in [7, 11) is 0.508. The van der Waals surface area contributed by atoms with Gasteiger partial charge >= 0.3 is 0 Å². The zero-order valence-corrected chi connectivity index (χ0v) is 23.3. The lowest BCUT2D eigenvalue weighted by Crippen LogP contribution is -2.49. The van der Waals surface area contributed by atoms with Crippen molar-refractivity contribution in [1.82, 2.24) is 19.6 Å². The molecule has 0 aliphatic carbocycles. The molecular weight excluding hydrogens is 516 g/mol. The first-order valence-corrected chi connectivity index (χ1v) is 14.8. The smallest absolute Gasteiger partial charge is 0.296 e. The summed E-state index contributed by atoms with van der Waals surface area (Å²) < 4.78 is 26.5. The van der Waals surface area contributed by atoms with E-state index >= 15 is 0 Å². The second kappa shape index (κ2) is 12.9. The Kier molecular flexibility index (Phi) is 9.36. The maximum absolute atomic E-state index is 13.5. The fourth-order valence-corrected chi connectivity index (χ4v) is 5.79. The minimum absolute atomic E-state index is 0.0649. The zero-order valence-electron chi connectivity index (χ0n) is 22.5. The van der Waals surface area contributed by atoms with Gasteiger partial charge in [0.05, 0.1) is 28.2 Å². The van der Waals surface area contributed by atoms with E-state index in [-0.39, 0.29) is 28.5 Å². The van der Waals surface area contributed by atoms with Gasteiger partial charge in [-0.05, 0) is 51.3 Å². The largest absolute Gasteiger partial charge is 0.379 e. The van der Waals surface area contributed by atoms with E-state index in [0.717, 1.165) is 13.0 Å². The van der Waals surface area contributed by atoms with Gasteiger partial charge in [0.15, 0.2) is 9.84 Å². The average Bonchev–Trinajstić information content (AvgIpc) is 2.95. The van der Waals surface area contributed by atoms with Crippen LogP contribution in [0.4, 0.5) is 11.4 Å². The number of benzene rings is 2. The van der Waals surface area contributed by atoms with Crippen molar-refractivity contribution in [3.8, 4) is 5.69 Å². The number of para-hydroxylation sites is 1. The van der Waals surface area contributed by atoms with E-state index in [4.69, 9.17) is 0 Å². The highest BCUT2D eigenvalue weighted by Crippen LogP contribution is 2.24. The molecule has 0 atom stereocenters. The van der Waals surface area contributed by atoms with Crippen LogP contribution in [0.1, 0.15) is 12.8 Å². The first-order valence-electron chi connectivity index (χ1n) is 13.1. The molecule has 1 aliphatic heterocycles. The molecule has 0 bridgehead atoms. The van der Waals surface area contributed by atoms with Crippen LogP contribution in [-0.4, -0.2) is 93.0 Å². The summed E-state index contributed by atoms with van der Waals surface area (Å²) in [5.74, 6) is -0.410. The second-order valence-electron chi connectivity index (χ2n) is 9.79. The summed E-state index contributed by atoms with van der Waals surface area (Å²) in [5.41, 5.74) is 1.65. The summed E-state index contributed by atoms with van der Waals surface area (Å²) in [4.78, 5) is 32.4. The highest BCUT2D eigenvalue weighted by atomic mass is 32.2. The van der Waals surface area contributed by atoms with Gasteiger partial charge in [0.25, 0.3) is 5.56 Å². The van der Waals surface area contributed by atoms with Crippen molar-refractivity contribution in [2.24, 2.45) is 0 Å². The van der Waals surface area contributed by atoms with E-state index in [1.54, 1.807) is 41.4 Å². The molecule has 1 N–H and O–H groups in total. The number of amides is 1. The molecule has 2 aromatic carbocycles. The number of aromatic nitrogens is 2. The number of piperazine rings is 1. The van der Waals surface area contributed by atoms with E-state index in [1.165, 1.54) is 4.68 Å². The van der Waals surface area contributed by atoms with Gasteiger partial charge in [0, 0.05) is 39.1 Å². The van der Waals surface area contributed by atoms with Gasteiger partial charge in [0.2, 0.25) is 5.91 Å². The highest BCUT2D eigenvalue weighted by molar-refractivity contribution is 7.91. The molecule has 1 aliphatic rings. The van der Waals surface area contributed by atoms with Crippen molar-refractivity contribution < 1.29 is 13.2 Å². The van der Waals surface area contributed by atoms with Crippen molar-refractivity contribution in [3.63, 3.8) is 0 Å². The number of nitrogens with one attached hydrogen (secondary N) is 1. The van der Waals surface area contributed by atoms with Crippen molar-refractivity contribution in [1.29, 1.82) is 0 Å². The number of nitrogens with zero attached hydrogens (tertiary/aromatic N) is 5. The highest BCUT2D eigenvalue weighted by Gasteiger charge is 2.26. The van der Waals surface area contributed by atoms with Crippen LogP contribution in [0.5, 0.6) is 0 Å². The number of carbonyl (C=O) groups is 1. The number of anilines is 2. The Hall–Kier alpha value is -3.70. The summed E-state index contributed by atoms with van der Waals surface area (Å²) in [6, 6.07) is 17.5. The predicted molar refractivity (Wildman–Crippen MR) is 153 cm³/mol. The number of sulfone groups is 1. The molecule has 1 amide bonds. The van der Waals surface area contributed by atoms with Crippen molar-refractivity contribution in [2.45, 2.75) is 17.7 Å². The molecule has 0 spiro atoms. The van der Waals surface area contributed by atoms with E-state index in [2.05, 4.69) is 20.2 Å². The lowest BCUT2D eigenvalue weighted by molar-refractivity contribution is -0.131. The van der Waals surface area contributed by atoms with Crippen LogP contribution >= 0.6 is 0 Å². The fourth-order valence-electron chi connectivity index (χ4n) is 4.53. The Morgan fingerprint density at radius 3 is 2.26 bits per heavy atom. The van der Waals surface area contributed by atoms with Gasteiger partial charge in [0.1, 0.15) is 5.69 Å². The third-order valence-electron chi connectivity index (χ3n) is 6.70. The summed E-state index contributed by atoms with van der Waals surface area (Å²) in [6.45, 7) is 3.42. The lowest BCUT2D eigenvalue weighted by atomic mass is 10.2. The Balaban J connectivity index is 1.44. The summed E-state index contributed by atoms with van der Waals surface area (Å²) >= 11 is 0. The van der Waals surface area contributed by atoms with Crippen LogP contribution in [0.25, 0.3) is 5.69 Å². The molecular formula is C28H36N6O4S. The Labute approximate surface area is 229 Å². The molecule has 1 fully saturated rings. The normalized spacial score (nSPS) is 14.0. The SMILES string of the molecule is CN(C)CCCNc1c(N2CCN(C(=O)CCS(=O)(=O)c3ccccc3)CC2)cnn(-c2ccccc2)c1=O. The molecule has 0 unspecified atom stereocenters. The van der Waals surface area contributed by atoms with Gasteiger partial charge in [-0.2, -0.15) is 9.78 Å². The van der Waals surface area contributed by atoms with Crippen LogP contribution in [0.2, 0.25) is 0 Å². The topological polar surface area (TPSA) is 108 Å². The quantitative estimate of drug-likeness (QED) is 0.361. The molecule has 1 aromatic heterocycles.